The molecule has 0 atom stereocenters. The molecule has 0 saturated carbocycles. The lowest BCUT2D eigenvalue weighted by Crippen LogP contribution is -2.15. The fraction of sp³-hybridized carbons (Fsp3) is 0.167. The first-order chi connectivity index (χ1) is 5.88. The second kappa shape index (κ2) is 3.57. The van der Waals surface area contributed by atoms with Crippen molar-refractivity contribution in [2.24, 2.45) is 5.14 Å². The fourth-order valence-corrected chi connectivity index (χ4v) is 1.60. The molecule has 0 aromatic carbocycles. The van der Waals surface area contributed by atoms with Crippen LogP contribution in [0, 0.1) is 5.95 Å². The Bertz CT molecular complexity index is 421. The zero-order valence-electron chi connectivity index (χ0n) is 6.37. The van der Waals surface area contributed by atoms with Gasteiger partial charge in [0.2, 0.25) is 16.0 Å². The highest BCUT2D eigenvalue weighted by atomic mass is 35.5. The first-order valence-corrected chi connectivity index (χ1v) is 5.28. The molecule has 0 amide bonds. The quantitative estimate of drug-likeness (QED) is 0.751. The van der Waals surface area contributed by atoms with Gasteiger partial charge in [-0.3, -0.25) is 0 Å². The van der Waals surface area contributed by atoms with Crippen molar-refractivity contribution in [2.45, 2.75) is 5.75 Å². The zero-order chi connectivity index (χ0) is 10.1. The molecule has 7 heteroatoms. The van der Waals surface area contributed by atoms with Crippen LogP contribution < -0.4 is 5.14 Å². The van der Waals surface area contributed by atoms with E-state index in [2.05, 4.69) is 4.98 Å². The number of sulfonamides is 1. The molecular formula is C6H6ClFN2O2S. The van der Waals surface area contributed by atoms with E-state index in [-0.39, 0.29) is 10.6 Å². The van der Waals surface area contributed by atoms with Gasteiger partial charge in [-0.05, 0) is 6.07 Å². The van der Waals surface area contributed by atoms with E-state index in [1.54, 1.807) is 0 Å². The van der Waals surface area contributed by atoms with Crippen molar-refractivity contribution in [1.82, 2.24) is 4.98 Å². The largest absolute Gasteiger partial charge is 0.228 e. The van der Waals surface area contributed by atoms with Gasteiger partial charge < -0.3 is 0 Å². The molecule has 0 spiro atoms. The minimum Gasteiger partial charge on any atom is -0.228 e. The summed E-state index contributed by atoms with van der Waals surface area (Å²) in [4.78, 5) is 3.24. The Kier molecular flexibility index (Phi) is 2.84. The highest BCUT2D eigenvalue weighted by Crippen LogP contribution is 2.13. The van der Waals surface area contributed by atoms with Crippen LogP contribution in [0.15, 0.2) is 12.3 Å². The van der Waals surface area contributed by atoms with Crippen LogP contribution in [0.4, 0.5) is 4.39 Å². The Balaban J connectivity index is 3.08. The summed E-state index contributed by atoms with van der Waals surface area (Å²) in [6.07, 6.45) is 1.09. The summed E-state index contributed by atoms with van der Waals surface area (Å²) < 4.78 is 34.0. The zero-order valence-corrected chi connectivity index (χ0v) is 7.94. The van der Waals surface area contributed by atoms with E-state index >= 15 is 0 Å². The van der Waals surface area contributed by atoms with E-state index < -0.39 is 21.7 Å². The number of nitrogens with zero attached hydrogens (tertiary/aromatic N) is 1. The summed E-state index contributed by atoms with van der Waals surface area (Å²) in [5.41, 5.74) is -0.130. The number of rotatable bonds is 2. The first kappa shape index (κ1) is 10.4. The van der Waals surface area contributed by atoms with Gasteiger partial charge in [0.25, 0.3) is 0 Å². The molecule has 0 aliphatic heterocycles. The van der Waals surface area contributed by atoms with Crippen LogP contribution >= 0.6 is 11.6 Å². The van der Waals surface area contributed by atoms with Gasteiger partial charge in [0.1, 0.15) is 0 Å². The summed E-state index contributed by atoms with van der Waals surface area (Å²) in [5.74, 6) is -1.48. The van der Waals surface area contributed by atoms with Crippen LogP contribution in [0.3, 0.4) is 0 Å². The van der Waals surface area contributed by atoms with Crippen molar-refractivity contribution >= 4 is 21.6 Å². The smallest absolute Gasteiger partial charge is 0.217 e. The average molecular weight is 225 g/mol. The summed E-state index contributed by atoms with van der Waals surface area (Å²) in [6.45, 7) is 0. The standard InChI is InChI=1S/C6H6ClFN2O2S/c7-5-1-4(3-13(9,11)12)6(8)10-2-5/h1-2H,3H2,(H2,9,11,12). The Morgan fingerprint density at radius 2 is 2.23 bits per heavy atom. The van der Waals surface area contributed by atoms with Crippen molar-refractivity contribution in [3.63, 3.8) is 0 Å². The van der Waals surface area contributed by atoms with Gasteiger partial charge in [-0.1, -0.05) is 11.6 Å². The molecule has 0 unspecified atom stereocenters. The van der Waals surface area contributed by atoms with Gasteiger partial charge in [-0.25, -0.2) is 18.5 Å². The molecule has 1 aromatic rings. The fourth-order valence-electron chi connectivity index (χ4n) is 0.782. The van der Waals surface area contributed by atoms with E-state index in [1.165, 1.54) is 6.07 Å². The molecule has 72 valence electrons. The Labute approximate surface area is 79.6 Å². The van der Waals surface area contributed by atoms with Gasteiger partial charge >= 0.3 is 0 Å². The maximum atomic E-state index is 12.8. The highest BCUT2D eigenvalue weighted by Gasteiger charge is 2.11. The predicted molar refractivity (Wildman–Crippen MR) is 46.0 cm³/mol. The second-order valence-electron chi connectivity index (χ2n) is 2.41. The third kappa shape index (κ3) is 3.25. The van der Waals surface area contributed by atoms with Crippen LogP contribution in [0.25, 0.3) is 0 Å². The molecule has 1 heterocycles. The molecule has 13 heavy (non-hydrogen) atoms. The van der Waals surface area contributed by atoms with Crippen molar-refractivity contribution in [1.29, 1.82) is 0 Å². The molecule has 0 aliphatic rings. The van der Waals surface area contributed by atoms with Crippen LogP contribution in [0.5, 0.6) is 0 Å². The second-order valence-corrected chi connectivity index (χ2v) is 4.46. The molecule has 0 fully saturated rings. The van der Waals surface area contributed by atoms with E-state index in [1.807, 2.05) is 0 Å². The number of hydrogen-bond acceptors (Lipinski definition) is 3. The maximum absolute atomic E-state index is 12.8. The van der Waals surface area contributed by atoms with Crippen LogP contribution in [0.1, 0.15) is 5.56 Å². The molecular weight excluding hydrogens is 219 g/mol. The van der Waals surface area contributed by atoms with Crippen LogP contribution in [-0.2, 0) is 15.8 Å². The SMILES string of the molecule is NS(=O)(=O)Cc1cc(Cl)cnc1F. The predicted octanol–water partition coefficient (Wildman–Crippen LogP) is 0.663. The number of primary sulfonamides is 1. The molecule has 0 saturated heterocycles. The monoisotopic (exact) mass is 224 g/mol. The van der Waals surface area contributed by atoms with Crippen molar-refractivity contribution in [3.8, 4) is 0 Å². The minimum absolute atomic E-state index is 0.130. The lowest BCUT2D eigenvalue weighted by molar-refractivity contribution is 0.565. The number of hydrogen-bond donors (Lipinski definition) is 1. The maximum Gasteiger partial charge on any atom is 0.217 e. The van der Waals surface area contributed by atoms with Gasteiger partial charge in [0.05, 0.1) is 10.8 Å². The normalized spacial score (nSPS) is 11.6. The molecule has 1 rings (SSSR count). The van der Waals surface area contributed by atoms with Gasteiger partial charge in [-0.15, -0.1) is 0 Å². The lowest BCUT2D eigenvalue weighted by Gasteiger charge is -2.00. The van der Waals surface area contributed by atoms with Crippen LogP contribution in [-0.4, -0.2) is 13.4 Å². The topological polar surface area (TPSA) is 73.1 Å². The van der Waals surface area contributed by atoms with Crippen molar-refractivity contribution in [2.75, 3.05) is 0 Å². The van der Waals surface area contributed by atoms with Gasteiger partial charge in [-0.2, -0.15) is 4.39 Å². The number of aromatic nitrogens is 1. The Morgan fingerprint density at radius 3 is 2.77 bits per heavy atom. The van der Waals surface area contributed by atoms with Gasteiger partial charge in [0.15, 0.2) is 0 Å². The third-order valence-corrected chi connectivity index (χ3v) is 2.16. The van der Waals surface area contributed by atoms with E-state index in [4.69, 9.17) is 16.7 Å². The molecule has 0 aliphatic carbocycles. The van der Waals surface area contributed by atoms with E-state index in [9.17, 15) is 12.8 Å². The third-order valence-electron chi connectivity index (χ3n) is 1.24. The number of halogens is 2. The van der Waals surface area contributed by atoms with E-state index in [0.29, 0.717) is 0 Å². The number of pyridine rings is 1. The van der Waals surface area contributed by atoms with Gasteiger partial charge in [0, 0.05) is 11.8 Å². The Hall–Kier alpha value is -0.720. The highest BCUT2D eigenvalue weighted by molar-refractivity contribution is 7.88. The van der Waals surface area contributed by atoms with Crippen molar-refractivity contribution in [3.05, 3.63) is 28.8 Å². The number of nitrogens with two attached hydrogens (primary N) is 1. The minimum atomic E-state index is -3.76. The summed E-state index contributed by atoms with van der Waals surface area (Å²) >= 11 is 5.48. The molecule has 0 radical (unpaired) electrons. The van der Waals surface area contributed by atoms with Crippen molar-refractivity contribution < 1.29 is 12.8 Å². The molecule has 1 aromatic heterocycles. The van der Waals surface area contributed by atoms with Crippen LogP contribution in [0.2, 0.25) is 5.02 Å². The summed E-state index contributed by atoms with van der Waals surface area (Å²) in [7, 11) is -3.76. The summed E-state index contributed by atoms with van der Waals surface area (Å²) in [5, 5.41) is 4.89. The molecule has 0 bridgehead atoms. The first-order valence-electron chi connectivity index (χ1n) is 3.19. The molecule has 2 N–H and O–H groups in total. The Morgan fingerprint density at radius 1 is 1.62 bits per heavy atom. The average Bonchev–Trinajstić information content (AvgIpc) is 1.94. The molecule has 4 nitrogen and oxygen atoms in total. The summed E-state index contributed by atoms with van der Waals surface area (Å²) in [6, 6.07) is 1.17. The lowest BCUT2D eigenvalue weighted by atomic mass is 10.3. The van der Waals surface area contributed by atoms with E-state index in [0.717, 1.165) is 6.20 Å².